The van der Waals surface area contributed by atoms with Crippen molar-refractivity contribution in [1.82, 2.24) is 4.90 Å². The lowest BCUT2D eigenvalue weighted by Crippen LogP contribution is -2.72. The molecule has 4 atom stereocenters. The van der Waals surface area contributed by atoms with Crippen molar-refractivity contribution in [3.05, 3.63) is 11.3 Å². The Morgan fingerprint density at radius 2 is 1.87 bits per heavy atom. The lowest BCUT2D eigenvalue weighted by atomic mass is 9.86. The fourth-order valence-corrected chi connectivity index (χ4v) is 7.36. The lowest BCUT2D eigenvalue weighted by Gasteiger charge is -2.50. The van der Waals surface area contributed by atoms with Gasteiger partial charge in [0.05, 0.1) is 12.0 Å². The van der Waals surface area contributed by atoms with Gasteiger partial charge in [0.15, 0.2) is 17.3 Å². The number of nitrogens with zero attached hydrogens (tertiary/aromatic N) is 1. The molecule has 1 amide bonds. The second-order valence-corrected chi connectivity index (χ2v) is 10.7. The third-order valence-corrected chi connectivity index (χ3v) is 8.70. The summed E-state index contributed by atoms with van der Waals surface area (Å²) in [6.45, 7) is 6.50. The van der Waals surface area contributed by atoms with E-state index in [2.05, 4.69) is 0 Å². The first-order valence-corrected chi connectivity index (χ1v) is 10.3. The van der Waals surface area contributed by atoms with Gasteiger partial charge in [-0.3, -0.25) is 14.5 Å². The monoisotopic (exact) mass is 363 g/mol. The van der Waals surface area contributed by atoms with Crippen LogP contribution in [0.5, 0.6) is 0 Å². The average molecular weight is 363 g/mol. The van der Waals surface area contributed by atoms with Gasteiger partial charge in [-0.1, -0.05) is 20.8 Å². The maximum Gasteiger partial charge on any atom is 0.260 e. The SMILES string of the molecule is CO[C@H]1C(=O)N2C(C(=O)C(C)(C)C)=C(C)C([S+](C)[O-])S(=O)(=O)[C@H]12. The predicted octanol–water partition coefficient (Wildman–Crippen LogP) is 0.192. The molecule has 0 saturated carbocycles. The highest BCUT2D eigenvalue weighted by atomic mass is 32.3. The number of sulfone groups is 1. The third kappa shape index (κ3) is 2.54. The summed E-state index contributed by atoms with van der Waals surface area (Å²) in [5, 5.41) is -1.29. The Morgan fingerprint density at radius 1 is 1.35 bits per heavy atom. The van der Waals surface area contributed by atoms with Gasteiger partial charge < -0.3 is 9.29 Å². The molecule has 0 spiro atoms. The van der Waals surface area contributed by atoms with Crippen LogP contribution in [0.3, 0.4) is 0 Å². The molecule has 2 unspecified atom stereocenters. The molecule has 0 bridgehead atoms. The van der Waals surface area contributed by atoms with Gasteiger partial charge in [0.1, 0.15) is 0 Å². The van der Waals surface area contributed by atoms with E-state index in [1.807, 2.05) is 0 Å². The van der Waals surface area contributed by atoms with Gasteiger partial charge in [-0.25, -0.2) is 8.42 Å². The van der Waals surface area contributed by atoms with Gasteiger partial charge in [-0.05, 0) is 18.1 Å². The minimum atomic E-state index is -3.95. The van der Waals surface area contributed by atoms with Crippen LogP contribution in [0.25, 0.3) is 0 Å². The number of carbonyl (C=O) groups excluding carboxylic acids is 2. The molecule has 23 heavy (non-hydrogen) atoms. The van der Waals surface area contributed by atoms with Crippen LogP contribution < -0.4 is 0 Å². The van der Waals surface area contributed by atoms with Gasteiger partial charge in [-0.2, -0.15) is 0 Å². The molecule has 0 aromatic carbocycles. The van der Waals surface area contributed by atoms with Crippen molar-refractivity contribution >= 4 is 32.7 Å². The molecule has 1 saturated heterocycles. The molecule has 0 N–H and O–H groups in total. The van der Waals surface area contributed by atoms with E-state index in [4.69, 9.17) is 4.74 Å². The van der Waals surface area contributed by atoms with E-state index >= 15 is 0 Å². The van der Waals surface area contributed by atoms with Crippen LogP contribution in [0, 0.1) is 5.41 Å². The number of hydrogen-bond donors (Lipinski definition) is 0. The lowest BCUT2D eigenvalue weighted by molar-refractivity contribution is -0.161. The molecule has 7 nitrogen and oxygen atoms in total. The van der Waals surface area contributed by atoms with E-state index in [0.29, 0.717) is 0 Å². The van der Waals surface area contributed by atoms with Gasteiger partial charge in [0, 0.05) is 18.1 Å². The summed E-state index contributed by atoms with van der Waals surface area (Å²) < 4.78 is 41.2. The molecule has 9 heteroatoms. The van der Waals surface area contributed by atoms with Crippen molar-refractivity contribution in [2.24, 2.45) is 5.41 Å². The third-order valence-electron chi connectivity index (χ3n) is 4.05. The number of ketones is 1. The van der Waals surface area contributed by atoms with E-state index in [1.54, 1.807) is 20.8 Å². The van der Waals surface area contributed by atoms with Crippen molar-refractivity contribution in [1.29, 1.82) is 0 Å². The van der Waals surface area contributed by atoms with Crippen LogP contribution in [0.2, 0.25) is 0 Å². The molecule has 0 aromatic heterocycles. The molecule has 2 aliphatic rings. The Labute approximate surface area is 139 Å². The highest BCUT2D eigenvalue weighted by Gasteiger charge is 2.65. The molecule has 130 valence electrons. The van der Waals surface area contributed by atoms with Crippen LogP contribution in [-0.4, -0.2) is 59.0 Å². The van der Waals surface area contributed by atoms with Crippen molar-refractivity contribution in [3.63, 3.8) is 0 Å². The number of hydrogen-bond acceptors (Lipinski definition) is 6. The summed E-state index contributed by atoms with van der Waals surface area (Å²) in [6.07, 6.45) is 0.116. The Kier molecular flexibility index (Phi) is 4.47. The first-order valence-electron chi connectivity index (χ1n) is 7.03. The van der Waals surface area contributed by atoms with E-state index in [-0.39, 0.29) is 17.1 Å². The van der Waals surface area contributed by atoms with Crippen LogP contribution in [0.15, 0.2) is 11.3 Å². The molecule has 0 aliphatic carbocycles. The molecular weight excluding hydrogens is 342 g/mol. The summed E-state index contributed by atoms with van der Waals surface area (Å²) in [5.41, 5.74) is -0.610. The van der Waals surface area contributed by atoms with E-state index in [9.17, 15) is 22.6 Å². The fraction of sp³-hybridized carbons (Fsp3) is 0.714. The van der Waals surface area contributed by atoms with Gasteiger partial charge >= 0.3 is 0 Å². The normalized spacial score (nSPS) is 31.5. The average Bonchev–Trinajstić information content (AvgIpc) is 2.37. The Balaban J connectivity index is 2.71. The highest BCUT2D eigenvalue weighted by Crippen LogP contribution is 2.44. The summed E-state index contributed by atoms with van der Waals surface area (Å²) in [4.78, 5) is 26.0. The molecule has 1 fully saturated rings. The zero-order valence-corrected chi connectivity index (χ0v) is 15.6. The zero-order valence-electron chi connectivity index (χ0n) is 13.9. The Hall–Kier alpha value is -0.900. The van der Waals surface area contributed by atoms with Crippen LogP contribution >= 0.6 is 0 Å². The standard InChI is InChI=1S/C14H21NO6S2/c1-7-8(10(16)14(2,3)4)15-11(17)9(21-5)12(15)23(19,20)13(7)22(6)18/h9,12-13H,1-6H3/t9-,12+,13?,22?/m0/s1. The number of rotatable bonds is 3. The summed E-state index contributed by atoms with van der Waals surface area (Å²) >= 11 is -1.74. The number of carbonyl (C=O) groups is 2. The maximum absolute atomic E-state index is 12.8. The fourth-order valence-electron chi connectivity index (χ4n) is 2.97. The zero-order chi connectivity index (χ0) is 17.9. The quantitative estimate of drug-likeness (QED) is 0.524. The number of fused-ring (bicyclic) bond motifs is 1. The smallest absolute Gasteiger partial charge is 0.260 e. The molecule has 2 aliphatic heterocycles. The second kappa shape index (κ2) is 5.58. The summed E-state index contributed by atoms with van der Waals surface area (Å²) in [6, 6.07) is 0. The first kappa shape index (κ1) is 18.4. The van der Waals surface area contributed by atoms with Crippen LogP contribution in [-0.2, 0) is 35.3 Å². The number of Topliss-reactive ketones (excluding diaryl/α,β-unsaturated/α-hetero) is 1. The van der Waals surface area contributed by atoms with Crippen molar-refractivity contribution in [2.75, 3.05) is 13.4 Å². The largest absolute Gasteiger partial charge is 0.615 e. The number of allylic oxidation sites excluding steroid dienone is 1. The Bertz CT molecular complexity index is 689. The van der Waals surface area contributed by atoms with E-state index < -0.39 is 48.4 Å². The van der Waals surface area contributed by atoms with E-state index in [1.165, 1.54) is 20.3 Å². The molecule has 2 heterocycles. The van der Waals surface area contributed by atoms with Gasteiger partial charge in [0.25, 0.3) is 5.91 Å². The van der Waals surface area contributed by atoms with Crippen LogP contribution in [0.1, 0.15) is 27.7 Å². The second-order valence-electron chi connectivity index (χ2n) is 6.79. The minimum Gasteiger partial charge on any atom is -0.615 e. The number of methoxy groups -OCH3 is 1. The van der Waals surface area contributed by atoms with Crippen molar-refractivity contribution < 1.29 is 27.3 Å². The highest BCUT2D eigenvalue weighted by molar-refractivity contribution is 8.09. The van der Waals surface area contributed by atoms with Crippen LogP contribution in [0.4, 0.5) is 0 Å². The van der Waals surface area contributed by atoms with Crippen molar-refractivity contribution in [3.8, 4) is 0 Å². The van der Waals surface area contributed by atoms with Gasteiger partial charge in [-0.15, -0.1) is 0 Å². The predicted molar refractivity (Wildman–Crippen MR) is 85.4 cm³/mol. The number of β-lactam (4-membered cyclic amide) rings is 1. The minimum absolute atomic E-state index is 0.0378. The molecular formula is C14H21NO6S2. The maximum atomic E-state index is 12.8. The topological polar surface area (TPSA) is 104 Å². The molecule has 0 radical (unpaired) electrons. The van der Waals surface area contributed by atoms with Gasteiger partial charge in [0.2, 0.25) is 14.4 Å². The van der Waals surface area contributed by atoms with Crippen molar-refractivity contribution in [2.45, 2.75) is 43.8 Å². The van der Waals surface area contributed by atoms with E-state index in [0.717, 1.165) is 4.90 Å². The number of amides is 1. The molecule has 2 rings (SSSR count). The summed E-state index contributed by atoms with van der Waals surface area (Å²) in [5.74, 6) is -0.915. The Morgan fingerprint density at radius 3 is 2.26 bits per heavy atom. The number of ether oxygens (including phenoxy) is 1. The molecule has 0 aromatic rings. The summed E-state index contributed by atoms with van der Waals surface area (Å²) in [7, 11) is -2.71. The first-order chi connectivity index (χ1) is 10.4.